The van der Waals surface area contributed by atoms with Crippen molar-refractivity contribution >= 4 is 17.4 Å². The fourth-order valence-electron chi connectivity index (χ4n) is 1.74. The molecular weight excluding hydrogens is 252 g/mol. The topological polar surface area (TPSA) is 70.0 Å². The molecule has 0 spiro atoms. The number of hydrogen-bond donors (Lipinski definition) is 1. The Bertz CT molecular complexity index is 672. The van der Waals surface area contributed by atoms with Crippen molar-refractivity contribution in [1.82, 2.24) is 0 Å². The lowest BCUT2D eigenvalue weighted by Gasteiger charge is -2.05. The van der Waals surface area contributed by atoms with Crippen molar-refractivity contribution in [3.63, 3.8) is 0 Å². The predicted molar refractivity (Wildman–Crippen MR) is 75.2 cm³/mol. The van der Waals surface area contributed by atoms with Gasteiger partial charge in [0.15, 0.2) is 5.78 Å². The molecule has 2 aromatic carbocycles. The first-order valence-corrected chi connectivity index (χ1v) is 6.07. The van der Waals surface area contributed by atoms with Crippen molar-refractivity contribution in [2.24, 2.45) is 0 Å². The number of hydrogen-bond acceptors (Lipinski definition) is 3. The third-order valence-corrected chi connectivity index (χ3v) is 2.69. The standard InChI is InChI=1S/C16H12N2O2/c17-11-12-5-4-8-14(9-12)18-16(20)10-15(19)13-6-2-1-3-7-13/h1-9H,10H2,(H,18,20). The molecule has 0 aliphatic carbocycles. The monoisotopic (exact) mass is 264 g/mol. The van der Waals surface area contributed by atoms with Gasteiger partial charge in [0.2, 0.25) is 5.91 Å². The van der Waals surface area contributed by atoms with E-state index in [1.54, 1.807) is 48.5 Å². The molecule has 98 valence electrons. The molecule has 0 saturated heterocycles. The van der Waals surface area contributed by atoms with Gasteiger partial charge in [0, 0.05) is 11.3 Å². The number of benzene rings is 2. The molecule has 0 radical (unpaired) electrons. The molecule has 0 unspecified atom stereocenters. The van der Waals surface area contributed by atoms with Crippen LogP contribution in [0.5, 0.6) is 0 Å². The zero-order valence-corrected chi connectivity index (χ0v) is 10.7. The predicted octanol–water partition coefficient (Wildman–Crippen LogP) is 2.77. The van der Waals surface area contributed by atoms with E-state index in [4.69, 9.17) is 5.26 Å². The number of carbonyl (C=O) groups is 2. The average Bonchev–Trinajstić information content (AvgIpc) is 2.48. The molecule has 0 bridgehead atoms. The summed E-state index contributed by atoms with van der Waals surface area (Å²) < 4.78 is 0. The highest BCUT2D eigenvalue weighted by Gasteiger charge is 2.11. The van der Waals surface area contributed by atoms with E-state index in [1.807, 2.05) is 12.1 Å². The molecular formula is C16H12N2O2. The summed E-state index contributed by atoms with van der Waals surface area (Å²) in [7, 11) is 0. The lowest BCUT2D eigenvalue weighted by Crippen LogP contribution is -2.16. The van der Waals surface area contributed by atoms with Gasteiger partial charge in [0.25, 0.3) is 0 Å². The number of nitrogens with zero attached hydrogens (tertiary/aromatic N) is 1. The summed E-state index contributed by atoms with van der Waals surface area (Å²) in [6.45, 7) is 0. The van der Waals surface area contributed by atoms with E-state index in [1.165, 1.54) is 0 Å². The number of Topliss-reactive ketones (excluding diaryl/α,β-unsaturated/α-hetero) is 1. The highest BCUT2D eigenvalue weighted by atomic mass is 16.2. The summed E-state index contributed by atoms with van der Waals surface area (Å²) in [4.78, 5) is 23.6. The lowest BCUT2D eigenvalue weighted by molar-refractivity contribution is -0.115. The number of amides is 1. The molecule has 0 heterocycles. The van der Waals surface area contributed by atoms with Crippen molar-refractivity contribution < 1.29 is 9.59 Å². The lowest BCUT2D eigenvalue weighted by atomic mass is 10.1. The van der Waals surface area contributed by atoms with E-state index in [0.717, 1.165) is 0 Å². The zero-order valence-electron chi connectivity index (χ0n) is 10.7. The Hall–Kier alpha value is -2.93. The van der Waals surface area contributed by atoms with Crippen LogP contribution in [0.3, 0.4) is 0 Å². The average molecular weight is 264 g/mol. The summed E-state index contributed by atoms with van der Waals surface area (Å²) in [5.74, 6) is -0.631. The normalized spacial score (nSPS) is 9.55. The quantitative estimate of drug-likeness (QED) is 0.681. The molecule has 0 aliphatic rings. The minimum absolute atomic E-state index is 0.221. The molecule has 1 N–H and O–H groups in total. The number of ketones is 1. The molecule has 20 heavy (non-hydrogen) atoms. The Morgan fingerprint density at radius 3 is 2.50 bits per heavy atom. The van der Waals surface area contributed by atoms with Crippen LogP contribution in [-0.2, 0) is 4.79 Å². The largest absolute Gasteiger partial charge is 0.326 e. The van der Waals surface area contributed by atoms with Gasteiger partial charge < -0.3 is 5.32 Å². The molecule has 2 rings (SSSR count). The number of rotatable bonds is 4. The molecule has 0 saturated carbocycles. The highest BCUT2D eigenvalue weighted by molar-refractivity contribution is 6.10. The van der Waals surface area contributed by atoms with Gasteiger partial charge in [0.05, 0.1) is 18.1 Å². The smallest absolute Gasteiger partial charge is 0.232 e. The number of anilines is 1. The number of nitrogens with one attached hydrogen (secondary N) is 1. The van der Waals surface area contributed by atoms with Crippen LogP contribution in [0.25, 0.3) is 0 Å². The summed E-state index contributed by atoms with van der Waals surface area (Å²) >= 11 is 0. The van der Waals surface area contributed by atoms with Crippen molar-refractivity contribution in [2.45, 2.75) is 6.42 Å². The SMILES string of the molecule is N#Cc1cccc(NC(=O)CC(=O)c2ccccc2)c1. The van der Waals surface area contributed by atoms with Gasteiger partial charge >= 0.3 is 0 Å². The fourth-order valence-corrected chi connectivity index (χ4v) is 1.74. The second-order valence-corrected chi connectivity index (χ2v) is 4.21. The Labute approximate surface area is 116 Å². The summed E-state index contributed by atoms with van der Waals surface area (Å²) in [5, 5.41) is 11.4. The van der Waals surface area contributed by atoms with Gasteiger partial charge in [-0.15, -0.1) is 0 Å². The van der Waals surface area contributed by atoms with E-state index < -0.39 is 5.91 Å². The van der Waals surface area contributed by atoms with Gasteiger partial charge in [-0.25, -0.2) is 0 Å². The highest BCUT2D eigenvalue weighted by Crippen LogP contribution is 2.11. The van der Waals surface area contributed by atoms with Crippen LogP contribution in [0.15, 0.2) is 54.6 Å². The Morgan fingerprint density at radius 1 is 1.05 bits per heavy atom. The fraction of sp³-hybridized carbons (Fsp3) is 0.0625. The summed E-state index contributed by atoms with van der Waals surface area (Å²) in [6.07, 6.45) is -0.221. The van der Waals surface area contributed by atoms with E-state index in [-0.39, 0.29) is 12.2 Å². The Kier molecular flexibility index (Phi) is 4.25. The minimum Gasteiger partial charge on any atom is -0.326 e. The maximum absolute atomic E-state index is 11.9. The molecule has 4 nitrogen and oxygen atoms in total. The maximum atomic E-state index is 11.9. The van der Waals surface area contributed by atoms with Gasteiger partial charge in [-0.3, -0.25) is 9.59 Å². The van der Waals surface area contributed by atoms with E-state index in [0.29, 0.717) is 16.8 Å². The van der Waals surface area contributed by atoms with E-state index in [2.05, 4.69) is 5.32 Å². The Morgan fingerprint density at radius 2 is 1.80 bits per heavy atom. The second-order valence-electron chi connectivity index (χ2n) is 4.21. The first-order chi connectivity index (χ1) is 9.69. The molecule has 1 amide bonds. The molecule has 0 fully saturated rings. The minimum atomic E-state index is -0.394. The van der Waals surface area contributed by atoms with Crippen LogP contribution >= 0.6 is 0 Å². The van der Waals surface area contributed by atoms with Crippen LogP contribution < -0.4 is 5.32 Å². The Balaban J connectivity index is 1.99. The van der Waals surface area contributed by atoms with Crippen LogP contribution in [0.2, 0.25) is 0 Å². The van der Waals surface area contributed by atoms with Gasteiger partial charge in [-0.1, -0.05) is 36.4 Å². The van der Waals surface area contributed by atoms with Gasteiger partial charge in [-0.05, 0) is 18.2 Å². The zero-order chi connectivity index (χ0) is 14.4. The first-order valence-electron chi connectivity index (χ1n) is 6.07. The third-order valence-electron chi connectivity index (χ3n) is 2.69. The van der Waals surface area contributed by atoms with E-state index in [9.17, 15) is 9.59 Å². The molecule has 0 aliphatic heterocycles. The van der Waals surface area contributed by atoms with Crippen molar-refractivity contribution in [3.05, 3.63) is 65.7 Å². The van der Waals surface area contributed by atoms with Gasteiger partial charge in [0.1, 0.15) is 0 Å². The van der Waals surface area contributed by atoms with Crippen molar-refractivity contribution in [1.29, 1.82) is 5.26 Å². The number of nitriles is 1. The van der Waals surface area contributed by atoms with E-state index >= 15 is 0 Å². The van der Waals surface area contributed by atoms with Crippen LogP contribution in [0.1, 0.15) is 22.3 Å². The second kappa shape index (κ2) is 6.30. The van der Waals surface area contributed by atoms with Crippen LogP contribution in [-0.4, -0.2) is 11.7 Å². The van der Waals surface area contributed by atoms with Crippen molar-refractivity contribution in [2.75, 3.05) is 5.32 Å². The summed E-state index contributed by atoms with van der Waals surface area (Å²) in [6, 6.07) is 17.2. The van der Waals surface area contributed by atoms with Gasteiger partial charge in [-0.2, -0.15) is 5.26 Å². The van der Waals surface area contributed by atoms with Crippen LogP contribution in [0.4, 0.5) is 5.69 Å². The molecule has 4 heteroatoms. The first kappa shape index (κ1) is 13.5. The van der Waals surface area contributed by atoms with Crippen molar-refractivity contribution in [3.8, 4) is 6.07 Å². The molecule has 0 aromatic heterocycles. The third kappa shape index (κ3) is 3.53. The van der Waals surface area contributed by atoms with Crippen LogP contribution in [0, 0.1) is 11.3 Å². The molecule has 2 aromatic rings. The maximum Gasteiger partial charge on any atom is 0.232 e. The molecule has 0 atom stereocenters. The summed E-state index contributed by atoms with van der Waals surface area (Å²) in [5.41, 5.74) is 1.47. The number of carbonyl (C=O) groups excluding carboxylic acids is 2.